The first-order valence-electron chi connectivity index (χ1n) is 9.16. The fraction of sp³-hybridized carbons (Fsp3) is 0.200. The second kappa shape index (κ2) is 9.95. The number of carbonyl (C=O) groups excluding carboxylic acids is 3. The lowest BCUT2D eigenvalue weighted by Crippen LogP contribution is -2.49. The van der Waals surface area contributed by atoms with Crippen LogP contribution in [0.1, 0.15) is 23.7 Å². The normalized spacial score (nSPS) is 15.9. The number of amides is 3. The van der Waals surface area contributed by atoms with Gasteiger partial charge in [0.05, 0.1) is 6.42 Å². The predicted octanol–water partition coefficient (Wildman–Crippen LogP) is 4.25. The number of hydrazine groups is 1. The van der Waals surface area contributed by atoms with Crippen LogP contribution in [-0.4, -0.2) is 45.3 Å². The fourth-order valence-corrected chi connectivity index (χ4v) is 4.21. The largest absolute Gasteiger partial charge is 0.326 e. The van der Waals surface area contributed by atoms with E-state index < -0.39 is 17.9 Å². The maximum absolute atomic E-state index is 12.8. The van der Waals surface area contributed by atoms with Crippen LogP contribution in [0.2, 0.25) is 10.0 Å². The molecule has 0 aliphatic carbocycles. The van der Waals surface area contributed by atoms with Crippen LogP contribution >= 0.6 is 51.3 Å². The molecule has 0 bridgehead atoms. The summed E-state index contributed by atoms with van der Waals surface area (Å²) in [4.78, 5) is 39.5. The van der Waals surface area contributed by atoms with Crippen molar-refractivity contribution >= 4 is 79.9 Å². The second-order valence-electron chi connectivity index (χ2n) is 6.61. The number of nitrogens with one attached hydrogen (secondary N) is 2. The van der Waals surface area contributed by atoms with E-state index in [-0.39, 0.29) is 17.4 Å². The molecule has 1 atom stereocenters. The van der Waals surface area contributed by atoms with Gasteiger partial charge in [-0.25, -0.2) is 5.01 Å². The predicted molar refractivity (Wildman–Crippen MR) is 127 cm³/mol. The number of hydrogen-bond donors (Lipinski definition) is 2. The Bertz CT molecular complexity index is 1030. The molecule has 7 nitrogen and oxygen atoms in total. The van der Waals surface area contributed by atoms with Crippen molar-refractivity contribution < 1.29 is 14.4 Å². The van der Waals surface area contributed by atoms with E-state index in [1.165, 1.54) is 28.1 Å². The van der Waals surface area contributed by atoms with Gasteiger partial charge in [0, 0.05) is 32.3 Å². The van der Waals surface area contributed by atoms with E-state index in [0.29, 0.717) is 27.8 Å². The standard InChI is InChI=1S/C20H17BrCl2N4O3S/c1-2-26-19(30)16(10-17(28)24-15-8-13(22)7-14(23)9-15)27(20(26)31)25-18(29)11-3-5-12(21)6-4-11/h3-9,16H,2,10H2,1H3,(H,24,28)(H,25,29). The fourth-order valence-electron chi connectivity index (χ4n) is 3.03. The number of thiocarbonyl (C=S) groups is 1. The summed E-state index contributed by atoms with van der Waals surface area (Å²) in [5.41, 5.74) is 3.43. The molecule has 0 spiro atoms. The molecule has 2 N–H and O–H groups in total. The number of rotatable bonds is 6. The number of halogens is 3. The Morgan fingerprint density at radius 3 is 2.32 bits per heavy atom. The summed E-state index contributed by atoms with van der Waals surface area (Å²) < 4.78 is 0.823. The summed E-state index contributed by atoms with van der Waals surface area (Å²) in [5.74, 6) is -1.28. The molecule has 1 aliphatic rings. The Labute approximate surface area is 202 Å². The highest BCUT2D eigenvalue weighted by molar-refractivity contribution is 9.10. The van der Waals surface area contributed by atoms with Crippen LogP contribution in [-0.2, 0) is 9.59 Å². The van der Waals surface area contributed by atoms with E-state index in [2.05, 4.69) is 26.7 Å². The molecule has 1 unspecified atom stereocenters. The zero-order valence-electron chi connectivity index (χ0n) is 16.2. The zero-order valence-corrected chi connectivity index (χ0v) is 20.1. The van der Waals surface area contributed by atoms with Crippen LogP contribution in [0.3, 0.4) is 0 Å². The summed E-state index contributed by atoms with van der Waals surface area (Å²) in [5, 5.41) is 4.78. The molecule has 2 aromatic rings. The van der Waals surface area contributed by atoms with Gasteiger partial charge in [-0.1, -0.05) is 39.1 Å². The van der Waals surface area contributed by atoms with Crippen LogP contribution in [0.4, 0.5) is 5.69 Å². The summed E-state index contributed by atoms with van der Waals surface area (Å²) >= 11 is 20.6. The molecule has 2 aromatic carbocycles. The van der Waals surface area contributed by atoms with Gasteiger partial charge in [0.2, 0.25) is 5.91 Å². The molecular formula is C20H17BrCl2N4O3S. The van der Waals surface area contributed by atoms with Gasteiger partial charge in [0.1, 0.15) is 6.04 Å². The van der Waals surface area contributed by atoms with Crippen LogP contribution in [0.15, 0.2) is 46.9 Å². The molecule has 1 fully saturated rings. The lowest BCUT2D eigenvalue weighted by molar-refractivity contribution is -0.130. The molecule has 11 heteroatoms. The first kappa shape index (κ1) is 23.5. The third-order valence-electron chi connectivity index (χ3n) is 4.47. The average molecular weight is 544 g/mol. The Morgan fingerprint density at radius 1 is 1.13 bits per heavy atom. The van der Waals surface area contributed by atoms with E-state index >= 15 is 0 Å². The van der Waals surface area contributed by atoms with E-state index in [4.69, 9.17) is 35.4 Å². The summed E-state index contributed by atoms with van der Waals surface area (Å²) in [7, 11) is 0. The Balaban J connectivity index is 1.77. The molecule has 162 valence electrons. The summed E-state index contributed by atoms with van der Waals surface area (Å²) in [6.07, 6.45) is -0.236. The highest BCUT2D eigenvalue weighted by atomic mass is 79.9. The van der Waals surface area contributed by atoms with Crippen molar-refractivity contribution in [3.63, 3.8) is 0 Å². The van der Waals surface area contributed by atoms with Crippen molar-refractivity contribution in [2.24, 2.45) is 0 Å². The van der Waals surface area contributed by atoms with Gasteiger partial charge in [-0.3, -0.25) is 24.7 Å². The lowest BCUT2D eigenvalue weighted by atomic mass is 10.1. The molecule has 3 rings (SSSR count). The van der Waals surface area contributed by atoms with E-state index in [9.17, 15) is 14.4 Å². The monoisotopic (exact) mass is 542 g/mol. The van der Waals surface area contributed by atoms with Crippen molar-refractivity contribution in [2.75, 3.05) is 11.9 Å². The second-order valence-corrected chi connectivity index (χ2v) is 8.76. The SMILES string of the molecule is CCN1C(=O)C(CC(=O)Nc2cc(Cl)cc(Cl)c2)N(NC(=O)c2ccc(Br)cc2)C1=S. The van der Waals surface area contributed by atoms with Crippen molar-refractivity contribution in [3.05, 3.63) is 62.5 Å². The van der Waals surface area contributed by atoms with Crippen LogP contribution < -0.4 is 10.7 Å². The van der Waals surface area contributed by atoms with Gasteiger partial charge < -0.3 is 5.32 Å². The first-order chi connectivity index (χ1) is 14.7. The van der Waals surface area contributed by atoms with Gasteiger partial charge in [-0.15, -0.1) is 0 Å². The zero-order chi connectivity index (χ0) is 22.7. The van der Waals surface area contributed by atoms with Crippen LogP contribution in [0, 0.1) is 0 Å². The molecule has 31 heavy (non-hydrogen) atoms. The minimum atomic E-state index is -0.985. The lowest BCUT2D eigenvalue weighted by Gasteiger charge is -2.24. The Kier molecular flexibility index (Phi) is 7.53. The van der Waals surface area contributed by atoms with Crippen molar-refractivity contribution in [3.8, 4) is 0 Å². The molecule has 3 amide bonds. The van der Waals surface area contributed by atoms with Crippen LogP contribution in [0.5, 0.6) is 0 Å². The summed E-state index contributed by atoms with van der Waals surface area (Å²) in [6, 6.07) is 10.3. The van der Waals surface area contributed by atoms with Crippen molar-refractivity contribution in [1.29, 1.82) is 0 Å². The molecule has 1 heterocycles. The quantitative estimate of drug-likeness (QED) is 0.532. The van der Waals surface area contributed by atoms with E-state index in [1.807, 2.05) is 0 Å². The van der Waals surface area contributed by atoms with Gasteiger partial charge in [-0.2, -0.15) is 0 Å². The topological polar surface area (TPSA) is 81.8 Å². The molecule has 1 saturated heterocycles. The molecular weight excluding hydrogens is 527 g/mol. The number of hydrogen-bond acceptors (Lipinski definition) is 4. The molecule has 0 saturated carbocycles. The van der Waals surface area contributed by atoms with Gasteiger partial charge in [0.25, 0.3) is 11.8 Å². The van der Waals surface area contributed by atoms with E-state index in [0.717, 1.165) is 4.47 Å². The molecule has 0 radical (unpaired) electrons. The number of benzene rings is 2. The average Bonchev–Trinajstić information content (AvgIpc) is 2.91. The van der Waals surface area contributed by atoms with Gasteiger partial charge in [-0.05, 0) is 61.6 Å². The number of anilines is 1. The van der Waals surface area contributed by atoms with E-state index in [1.54, 1.807) is 31.2 Å². The number of likely N-dealkylation sites (N-methyl/N-ethyl adjacent to an activating group) is 1. The third kappa shape index (κ3) is 5.54. The first-order valence-corrected chi connectivity index (χ1v) is 11.1. The minimum Gasteiger partial charge on any atom is -0.326 e. The van der Waals surface area contributed by atoms with Crippen molar-refractivity contribution in [2.45, 2.75) is 19.4 Å². The summed E-state index contributed by atoms with van der Waals surface area (Å²) in [6.45, 7) is 2.07. The van der Waals surface area contributed by atoms with Crippen LogP contribution in [0.25, 0.3) is 0 Å². The van der Waals surface area contributed by atoms with Crippen molar-refractivity contribution in [1.82, 2.24) is 15.3 Å². The minimum absolute atomic E-state index is 0.126. The molecule has 0 aromatic heterocycles. The number of nitrogens with zero attached hydrogens (tertiary/aromatic N) is 2. The third-order valence-corrected chi connectivity index (χ3v) is 5.85. The van der Waals surface area contributed by atoms with Gasteiger partial charge in [0.15, 0.2) is 5.11 Å². The highest BCUT2D eigenvalue weighted by Gasteiger charge is 2.43. The number of carbonyl (C=O) groups is 3. The maximum atomic E-state index is 12.8. The molecule has 1 aliphatic heterocycles. The smallest absolute Gasteiger partial charge is 0.269 e. The Morgan fingerprint density at radius 2 is 1.74 bits per heavy atom. The maximum Gasteiger partial charge on any atom is 0.269 e. The highest BCUT2D eigenvalue weighted by Crippen LogP contribution is 2.24. The Hall–Kier alpha value is -2.20. The van der Waals surface area contributed by atoms with Gasteiger partial charge >= 0.3 is 0 Å².